The van der Waals surface area contributed by atoms with Crippen molar-refractivity contribution in [3.05, 3.63) is 52.4 Å². The van der Waals surface area contributed by atoms with Crippen molar-refractivity contribution in [3.8, 4) is 0 Å². The fourth-order valence-electron chi connectivity index (χ4n) is 1.74. The lowest BCUT2D eigenvalue weighted by Gasteiger charge is -2.19. The van der Waals surface area contributed by atoms with E-state index in [9.17, 15) is 13.2 Å². The van der Waals surface area contributed by atoms with Gasteiger partial charge in [-0.15, -0.1) is 0 Å². The average Bonchev–Trinajstić information content (AvgIpc) is 2.93. The molecule has 0 unspecified atom stereocenters. The van der Waals surface area contributed by atoms with Crippen LogP contribution in [0.25, 0.3) is 0 Å². The third kappa shape index (κ3) is 3.80. The number of rotatable bonds is 6. The minimum Gasteiger partial charge on any atom is -0.480 e. The van der Waals surface area contributed by atoms with Gasteiger partial charge < -0.3 is 9.52 Å². The van der Waals surface area contributed by atoms with Gasteiger partial charge >= 0.3 is 5.97 Å². The Morgan fingerprint density at radius 1 is 1.23 bits per heavy atom. The standard InChI is InChI=1S/C13H11Cl2NO5S/c14-11-4-3-10(6-12(11)15)22(19,20)16(8-13(17)18)7-9-2-1-5-21-9/h1-6H,7-8H2,(H,17,18). The number of carboxylic acid groups (broad SMARTS) is 1. The number of halogens is 2. The first-order chi connectivity index (χ1) is 10.3. The minimum absolute atomic E-state index is 0.0658. The molecule has 118 valence electrons. The lowest BCUT2D eigenvalue weighted by Crippen LogP contribution is -2.35. The summed E-state index contributed by atoms with van der Waals surface area (Å²) >= 11 is 11.6. The topological polar surface area (TPSA) is 87.8 Å². The molecule has 0 atom stereocenters. The van der Waals surface area contributed by atoms with E-state index < -0.39 is 22.5 Å². The molecular formula is C13H11Cl2NO5S. The third-order valence-electron chi connectivity index (χ3n) is 2.75. The third-order valence-corrected chi connectivity index (χ3v) is 5.28. The van der Waals surface area contributed by atoms with E-state index in [2.05, 4.69) is 0 Å². The van der Waals surface area contributed by atoms with Crippen molar-refractivity contribution in [3.63, 3.8) is 0 Å². The summed E-state index contributed by atoms with van der Waals surface area (Å²) in [7, 11) is -4.06. The Bertz CT molecular complexity index is 774. The van der Waals surface area contributed by atoms with Crippen LogP contribution in [0.1, 0.15) is 5.76 Å². The number of hydrogen-bond donors (Lipinski definition) is 1. The van der Waals surface area contributed by atoms with Gasteiger partial charge in [0, 0.05) is 0 Å². The zero-order valence-electron chi connectivity index (χ0n) is 11.1. The summed E-state index contributed by atoms with van der Waals surface area (Å²) in [4.78, 5) is 10.8. The number of benzene rings is 1. The quantitative estimate of drug-likeness (QED) is 0.852. The molecule has 2 aromatic rings. The number of carbonyl (C=O) groups is 1. The molecule has 1 heterocycles. The summed E-state index contributed by atoms with van der Waals surface area (Å²) in [5.74, 6) is -0.958. The number of carboxylic acids is 1. The molecule has 0 aliphatic carbocycles. The second kappa shape index (κ2) is 6.70. The molecule has 0 bridgehead atoms. The molecular weight excluding hydrogens is 353 g/mol. The van der Waals surface area contributed by atoms with Crippen LogP contribution in [0.2, 0.25) is 10.0 Å². The molecule has 0 aliphatic heterocycles. The number of furan rings is 1. The minimum atomic E-state index is -4.06. The maximum Gasteiger partial charge on any atom is 0.318 e. The molecule has 0 spiro atoms. The molecule has 0 amide bonds. The SMILES string of the molecule is O=C(O)CN(Cc1ccco1)S(=O)(=O)c1ccc(Cl)c(Cl)c1. The Morgan fingerprint density at radius 2 is 1.95 bits per heavy atom. The highest BCUT2D eigenvalue weighted by atomic mass is 35.5. The van der Waals surface area contributed by atoms with Crippen molar-refractivity contribution in [2.45, 2.75) is 11.4 Å². The summed E-state index contributed by atoms with van der Waals surface area (Å²) in [5.41, 5.74) is 0. The molecule has 0 radical (unpaired) electrons. The molecule has 9 heteroatoms. The lowest BCUT2D eigenvalue weighted by atomic mass is 10.4. The van der Waals surface area contributed by atoms with Gasteiger partial charge in [0.25, 0.3) is 0 Å². The normalized spacial score (nSPS) is 11.8. The molecule has 0 aliphatic rings. The highest BCUT2D eigenvalue weighted by molar-refractivity contribution is 7.89. The average molecular weight is 364 g/mol. The molecule has 6 nitrogen and oxygen atoms in total. The fraction of sp³-hybridized carbons (Fsp3) is 0.154. The van der Waals surface area contributed by atoms with E-state index in [0.29, 0.717) is 5.76 Å². The van der Waals surface area contributed by atoms with Crippen molar-refractivity contribution >= 4 is 39.2 Å². The van der Waals surface area contributed by atoms with Crippen molar-refractivity contribution in [2.24, 2.45) is 0 Å². The molecule has 0 fully saturated rings. The van der Waals surface area contributed by atoms with E-state index in [0.717, 1.165) is 4.31 Å². The highest BCUT2D eigenvalue weighted by Gasteiger charge is 2.28. The Kier molecular flexibility index (Phi) is 5.12. The summed E-state index contributed by atoms with van der Waals surface area (Å²) in [5, 5.41) is 9.21. The predicted octanol–water partition coefficient (Wildman–Crippen LogP) is 2.86. The summed E-state index contributed by atoms with van der Waals surface area (Å²) < 4.78 is 31.0. The van der Waals surface area contributed by atoms with Crippen LogP contribution in [0.3, 0.4) is 0 Å². The fourth-order valence-corrected chi connectivity index (χ4v) is 3.48. The van der Waals surface area contributed by atoms with Gasteiger partial charge in [0.05, 0.1) is 27.7 Å². The van der Waals surface area contributed by atoms with Crippen LogP contribution in [-0.2, 0) is 21.4 Å². The molecule has 2 rings (SSSR count). The second-order valence-electron chi connectivity index (χ2n) is 4.32. The Labute approximate surface area is 136 Å². The van der Waals surface area contributed by atoms with Gasteiger partial charge in [0.15, 0.2) is 0 Å². The van der Waals surface area contributed by atoms with Crippen LogP contribution in [0.5, 0.6) is 0 Å². The van der Waals surface area contributed by atoms with Gasteiger partial charge in [-0.3, -0.25) is 4.79 Å². The monoisotopic (exact) mass is 363 g/mol. The Balaban J connectivity index is 2.39. The van der Waals surface area contributed by atoms with Gasteiger partial charge in [-0.1, -0.05) is 23.2 Å². The number of hydrogen-bond acceptors (Lipinski definition) is 4. The van der Waals surface area contributed by atoms with Gasteiger partial charge in [-0.2, -0.15) is 4.31 Å². The maximum atomic E-state index is 12.6. The first kappa shape index (κ1) is 16.8. The molecule has 0 saturated heterocycles. The largest absolute Gasteiger partial charge is 0.480 e. The number of sulfonamides is 1. The van der Waals surface area contributed by atoms with Crippen molar-refractivity contribution < 1.29 is 22.7 Å². The molecule has 1 N–H and O–H groups in total. The van der Waals surface area contributed by atoms with Crippen LogP contribution in [0.4, 0.5) is 0 Å². The maximum absolute atomic E-state index is 12.6. The van der Waals surface area contributed by atoms with Gasteiger partial charge in [-0.25, -0.2) is 8.42 Å². The Morgan fingerprint density at radius 3 is 2.50 bits per heavy atom. The highest BCUT2D eigenvalue weighted by Crippen LogP contribution is 2.27. The first-order valence-electron chi connectivity index (χ1n) is 6.00. The van der Waals surface area contributed by atoms with E-state index in [1.165, 1.54) is 24.5 Å². The molecule has 1 aromatic carbocycles. The van der Waals surface area contributed by atoms with E-state index in [1.807, 2.05) is 0 Å². The van der Waals surface area contributed by atoms with Crippen LogP contribution < -0.4 is 0 Å². The zero-order chi connectivity index (χ0) is 16.3. The number of aliphatic carboxylic acids is 1. The van der Waals surface area contributed by atoms with Crippen molar-refractivity contribution in [2.75, 3.05) is 6.54 Å². The predicted molar refractivity (Wildman–Crippen MR) is 80.4 cm³/mol. The van der Waals surface area contributed by atoms with E-state index in [1.54, 1.807) is 12.1 Å². The molecule has 1 aromatic heterocycles. The smallest absolute Gasteiger partial charge is 0.318 e. The van der Waals surface area contributed by atoms with Crippen molar-refractivity contribution in [1.82, 2.24) is 4.31 Å². The summed E-state index contributed by atoms with van der Waals surface area (Å²) in [6, 6.07) is 6.92. The summed E-state index contributed by atoms with van der Waals surface area (Å²) in [6.07, 6.45) is 1.38. The Hall–Kier alpha value is -1.54. The summed E-state index contributed by atoms with van der Waals surface area (Å²) in [6.45, 7) is -0.912. The van der Waals surface area contributed by atoms with Crippen molar-refractivity contribution in [1.29, 1.82) is 0 Å². The van der Waals surface area contributed by atoms with E-state index in [4.69, 9.17) is 32.7 Å². The van der Waals surface area contributed by atoms with E-state index >= 15 is 0 Å². The van der Waals surface area contributed by atoms with Crippen LogP contribution >= 0.6 is 23.2 Å². The van der Waals surface area contributed by atoms with Gasteiger partial charge in [0.2, 0.25) is 10.0 Å². The van der Waals surface area contributed by atoms with Crippen LogP contribution in [0.15, 0.2) is 45.9 Å². The molecule has 22 heavy (non-hydrogen) atoms. The van der Waals surface area contributed by atoms with Crippen LogP contribution in [-0.4, -0.2) is 30.3 Å². The number of nitrogens with zero attached hydrogens (tertiary/aromatic N) is 1. The van der Waals surface area contributed by atoms with Crippen LogP contribution in [0, 0.1) is 0 Å². The lowest BCUT2D eigenvalue weighted by molar-refractivity contribution is -0.137. The van der Waals surface area contributed by atoms with E-state index in [-0.39, 0.29) is 21.5 Å². The van der Waals surface area contributed by atoms with Gasteiger partial charge in [-0.05, 0) is 30.3 Å². The molecule has 0 saturated carbocycles. The first-order valence-corrected chi connectivity index (χ1v) is 8.19. The van der Waals surface area contributed by atoms with Gasteiger partial charge in [0.1, 0.15) is 12.3 Å². The second-order valence-corrected chi connectivity index (χ2v) is 7.07. The zero-order valence-corrected chi connectivity index (χ0v) is 13.4.